The second-order valence-electron chi connectivity index (χ2n) is 34.6. The molecule has 0 bridgehead atoms. The first-order chi connectivity index (χ1) is 64.2. The quantitative estimate of drug-likeness (QED) is 0.0250. The zero-order valence-electron chi connectivity index (χ0n) is 73.8. The van der Waals surface area contributed by atoms with Gasteiger partial charge in [-0.2, -0.15) is 0 Å². The van der Waals surface area contributed by atoms with E-state index in [2.05, 4.69) is 40.3 Å². The number of amides is 6. The Hall–Kier alpha value is -9.17. The minimum absolute atomic E-state index is 0.00489. The third kappa shape index (κ3) is 22.3. The molecule has 12 aromatic rings. The number of carbonyl (C=O) groups excluding carboxylic acids is 6. The molecule has 0 spiro atoms. The number of likely N-dealkylation sites (tertiary alicyclic amines) is 3. The van der Waals surface area contributed by atoms with E-state index in [1.165, 1.54) is 59.6 Å². The average Bonchev–Trinajstić information content (AvgIpc) is 1.57. The first-order valence-electron chi connectivity index (χ1n) is 44.6. The lowest BCUT2D eigenvalue weighted by atomic mass is 9.90. The maximum absolute atomic E-state index is 15.0. The summed E-state index contributed by atoms with van der Waals surface area (Å²) in [5.41, 5.74) is 10.3. The van der Waals surface area contributed by atoms with E-state index < -0.39 is 44.0 Å². The fourth-order valence-corrected chi connectivity index (χ4v) is 23.9. The normalized spacial score (nSPS) is 20.8. The third-order valence-corrected chi connectivity index (χ3v) is 31.4. The lowest BCUT2D eigenvalue weighted by Gasteiger charge is -2.42. The number of aliphatic hydroxyl groups is 1. The number of ether oxygens (including phenoxy) is 2. The number of β-amino-alcohol motifs (C(OH)–C–C–N with tert-alkyl or cyclic N) is 1. The van der Waals surface area contributed by atoms with Gasteiger partial charge in [0, 0.05) is 194 Å². The minimum Gasteiger partial charge on any atom is -0.395 e. The highest BCUT2D eigenvalue weighted by atomic mass is 35.5. The Balaban J connectivity index is 0.000000145. The van der Waals surface area contributed by atoms with Crippen molar-refractivity contribution in [2.45, 2.75) is 120 Å². The molecule has 18 rings (SSSR count). The number of aromatic nitrogens is 3. The van der Waals surface area contributed by atoms with Gasteiger partial charge in [0.05, 0.1) is 80.5 Å². The lowest BCUT2D eigenvalue weighted by Crippen LogP contribution is -2.56. The molecule has 6 atom stereocenters. The van der Waals surface area contributed by atoms with Gasteiger partial charge in [0.25, 0.3) is 0 Å². The minimum atomic E-state index is -1.25. The standard InChI is InChI=1S/2C34H35Cl2FN4O3S.C33H34Cl2N4O3S/c2*1-22-3-9-25(10-4-22)45-34(33(43)38-11-2-12-40-13-15-44-16-14-40)19-31(42)41(21-23-5-7-24(35)8-6-23)32(34)27-20-39-30-18-28(36)29(37)17-26(27)30;1-22-2-9-26(10-3-22)43-33(32(42)38-14-12-37(13-15-38)16-17-40)19-30(41)39(21-23-4-6-24(34)7-5-23)31(33)28-20-36-29-18-25(35)8-11-27(28)29/h2*3-10,17-18,20,32,39H,2,11-16,19,21H2,1H3,(H,38,43);2-11,18,20,31,36,40H,12-17,19,21H2,1H3/t32-,34+;32-,34-;31-,33-/m000/s1. The van der Waals surface area contributed by atoms with Crippen molar-refractivity contribution in [3.63, 3.8) is 0 Å². The van der Waals surface area contributed by atoms with Gasteiger partial charge in [-0.15, -0.1) is 35.3 Å². The molecule has 9 heterocycles. The van der Waals surface area contributed by atoms with Crippen molar-refractivity contribution in [2.24, 2.45) is 0 Å². The summed E-state index contributed by atoms with van der Waals surface area (Å²) < 4.78 is 37.1. The zero-order chi connectivity index (χ0) is 93.2. The van der Waals surface area contributed by atoms with Crippen molar-refractivity contribution < 1.29 is 52.1 Å². The van der Waals surface area contributed by atoms with Crippen LogP contribution in [0.1, 0.15) is 100 Å². The highest BCUT2D eigenvalue weighted by Gasteiger charge is 2.62. The predicted octanol–water partition coefficient (Wildman–Crippen LogP) is 19.5. The summed E-state index contributed by atoms with van der Waals surface area (Å²) in [4.78, 5) is 113. The molecule has 0 unspecified atom stereocenters. The van der Waals surface area contributed by atoms with E-state index >= 15 is 0 Å². The molecule has 21 nitrogen and oxygen atoms in total. The Kier molecular flexibility index (Phi) is 31.7. The summed E-state index contributed by atoms with van der Waals surface area (Å²) in [5.74, 6) is -2.03. The molecule has 0 aliphatic carbocycles. The number of hydrogen-bond donors (Lipinski definition) is 6. The van der Waals surface area contributed by atoms with Crippen LogP contribution in [0.5, 0.6) is 0 Å². The number of aromatic amines is 3. The van der Waals surface area contributed by atoms with Crippen molar-refractivity contribution >= 4 is 173 Å². The number of hydrogen-bond acceptors (Lipinski definition) is 15. The molecule has 133 heavy (non-hydrogen) atoms. The highest BCUT2D eigenvalue weighted by Crippen LogP contribution is 2.59. The summed E-state index contributed by atoms with van der Waals surface area (Å²) in [6.07, 6.45) is 7.02. The Morgan fingerprint density at radius 3 is 1.12 bits per heavy atom. The molecule has 9 aromatic carbocycles. The summed E-state index contributed by atoms with van der Waals surface area (Å²) in [7, 11) is 0. The van der Waals surface area contributed by atoms with Crippen LogP contribution in [0.2, 0.25) is 30.1 Å². The van der Waals surface area contributed by atoms with Gasteiger partial charge in [0.15, 0.2) is 0 Å². The molecule has 0 radical (unpaired) electrons. The number of thioether (sulfide) groups is 3. The van der Waals surface area contributed by atoms with Crippen LogP contribution in [0.4, 0.5) is 8.78 Å². The maximum Gasteiger partial charge on any atom is 0.242 e. The lowest BCUT2D eigenvalue weighted by molar-refractivity contribution is -0.136. The number of nitrogens with zero attached hydrogens (tertiary/aromatic N) is 7. The van der Waals surface area contributed by atoms with E-state index in [1.54, 1.807) is 46.5 Å². The molecule has 6 fully saturated rings. The van der Waals surface area contributed by atoms with Crippen molar-refractivity contribution in [1.29, 1.82) is 0 Å². The van der Waals surface area contributed by atoms with Crippen molar-refractivity contribution in [3.8, 4) is 0 Å². The molecule has 0 saturated carbocycles. The Labute approximate surface area is 814 Å². The SMILES string of the molecule is Cc1ccc(S[C@@]2(C(=O)N3CCN(CCO)CC3)CC(=O)N(Cc3ccc(Cl)cc3)[C@H]2c2c[nH]c3cc(Cl)ccc23)cc1.Cc1ccc(S[C@@]2(C(=O)NCCCN3CCOCC3)CC(=O)N(Cc3ccc(Cl)cc3)[C@H]2c2c[nH]c3cc(Cl)c(F)cc23)cc1.Cc1ccc(S[C@]2(C(=O)NCCCN3CCOCC3)CC(=O)N(Cc3ccc(Cl)cc3)[C@H]2c2c[nH]c3cc(Cl)c(F)cc23)cc1. The van der Waals surface area contributed by atoms with Gasteiger partial charge in [-0.05, 0) is 173 Å². The van der Waals surface area contributed by atoms with E-state index in [0.717, 1.165) is 117 Å². The first kappa shape index (κ1) is 96.9. The van der Waals surface area contributed by atoms with E-state index in [-0.39, 0.29) is 84.4 Å². The number of aryl methyl sites for hydroxylation is 3. The van der Waals surface area contributed by atoms with E-state index in [4.69, 9.17) is 79.1 Å². The van der Waals surface area contributed by atoms with Crippen LogP contribution < -0.4 is 10.6 Å². The summed E-state index contributed by atoms with van der Waals surface area (Å²) in [6.45, 7) is 19.0. The van der Waals surface area contributed by atoms with Crippen molar-refractivity contribution in [3.05, 3.63) is 298 Å². The molecule has 696 valence electrons. The van der Waals surface area contributed by atoms with Gasteiger partial charge in [-0.3, -0.25) is 43.5 Å². The van der Waals surface area contributed by atoms with Crippen LogP contribution in [-0.2, 0) is 57.9 Å². The number of carbonyl (C=O) groups is 6. The van der Waals surface area contributed by atoms with Crippen LogP contribution in [0.15, 0.2) is 221 Å². The second kappa shape index (κ2) is 43.5. The fourth-order valence-electron chi connectivity index (χ4n) is 18.7. The Morgan fingerprint density at radius 1 is 0.414 bits per heavy atom. The number of rotatable bonds is 28. The number of nitrogens with one attached hydrogen (secondary N) is 5. The number of H-pyrrole nitrogens is 3. The largest absolute Gasteiger partial charge is 0.395 e. The monoisotopic (exact) mass is 1970 g/mol. The highest BCUT2D eigenvalue weighted by molar-refractivity contribution is 8.02. The summed E-state index contributed by atoms with van der Waals surface area (Å²) in [6, 6.07) is 55.7. The number of fused-ring (bicyclic) bond motifs is 3. The van der Waals surface area contributed by atoms with Gasteiger partial charge in [0.1, 0.15) is 25.9 Å². The molecule has 6 aliphatic heterocycles. The molecule has 32 heteroatoms. The molecule has 3 aromatic heterocycles. The Morgan fingerprint density at radius 2 is 0.744 bits per heavy atom. The van der Waals surface area contributed by atoms with E-state index in [0.29, 0.717) is 132 Å². The summed E-state index contributed by atoms with van der Waals surface area (Å²) in [5, 5.41) is 20.3. The number of benzene rings is 9. The van der Waals surface area contributed by atoms with Crippen molar-refractivity contribution in [2.75, 3.05) is 118 Å². The molecule has 6 saturated heterocycles. The first-order valence-corrected chi connectivity index (χ1v) is 49.3. The smallest absolute Gasteiger partial charge is 0.242 e. The molecule has 6 N–H and O–H groups in total. The van der Waals surface area contributed by atoms with Gasteiger partial charge < -0.3 is 59.8 Å². The number of piperazine rings is 1. The fraction of sp³-hybridized carbons (Fsp3) is 0.347. The van der Waals surface area contributed by atoms with Crippen molar-refractivity contribution in [1.82, 2.24) is 59.9 Å². The maximum atomic E-state index is 15.0. The van der Waals surface area contributed by atoms with E-state index in [9.17, 15) is 42.7 Å². The van der Waals surface area contributed by atoms with Crippen LogP contribution in [-0.4, -0.2) is 222 Å². The molecule has 6 aliphatic rings. The molecule has 6 amide bonds. The number of aliphatic hydroxyl groups excluding tert-OH is 1. The second-order valence-corrected chi connectivity index (χ2v) is 41.4. The van der Waals surface area contributed by atoms with Gasteiger partial charge >= 0.3 is 0 Å². The topological polar surface area (TPSA) is 235 Å². The molecular weight excluding hydrogens is 1870 g/mol. The van der Waals surface area contributed by atoms with Gasteiger partial charge in [-0.25, -0.2) is 8.78 Å². The van der Waals surface area contributed by atoms with Gasteiger partial charge in [-0.1, -0.05) is 165 Å². The van der Waals surface area contributed by atoms with Crippen LogP contribution in [0.3, 0.4) is 0 Å². The average molecular weight is 1980 g/mol. The predicted molar refractivity (Wildman–Crippen MR) is 527 cm³/mol. The van der Waals surface area contributed by atoms with E-state index in [1.807, 2.05) is 176 Å². The Bertz CT molecular complexity index is 5900. The zero-order valence-corrected chi connectivity index (χ0v) is 80.8. The number of halogens is 8. The third-order valence-electron chi connectivity index (χ3n) is 25.6. The molecular formula is C101H104Cl6F2N12O9S3. The van der Waals surface area contributed by atoms with Crippen LogP contribution in [0, 0.1) is 32.4 Å². The summed E-state index contributed by atoms with van der Waals surface area (Å²) >= 11 is 41.4. The number of morpholine rings is 2. The van der Waals surface area contributed by atoms with Gasteiger partial charge in [0.2, 0.25) is 35.4 Å². The van der Waals surface area contributed by atoms with Crippen LogP contribution in [0.25, 0.3) is 32.7 Å². The van der Waals surface area contributed by atoms with Crippen LogP contribution >= 0.6 is 105 Å².